The summed E-state index contributed by atoms with van der Waals surface area (Å²) in [5, 5.41) is 0. The van der Waals surface area contributed by atoms with Crippen LogP contribution in [0.4, 0.5) is 0 Å². The number of hydrogen-bond donors (Lipinski definition) is 0. The number of ether oxygens (including phenoxy) is 1. The Morgan fingerprint density at radius 1 is 1.14 bits per heavy atom. The van der Waals surface area contributed by atoms with Crippen molar-refractivity contribution in [2.45, 2.75) is 13.3 Å². The molecule has 0 fully saturated rings. The SMILES string of the molecule is COc1ccccc1-n1c(CCCl)nc2c(C)cccc21. The van der Waals surface area contributed by atoms with Crippen LogP contribution in [0.5, 0.6) is 5.75 Å². The van der Waals surface area contributed by atoms with Gasteiger partial charge in [0.25, 0.3) is 0 Å². The highest BCUT2D eigenvalue weighted by atomic mass is 35.5. The fraction of sp³-hybridized carbons (Fsp3) is 0.235. The summed E-state index contributed by atoms with van der Waals surface area (Å²) in [6.45, 7) is 2.08. The van der Waals surface area contributed by atoms with Crippen molar-refractivity contribution in [2.75, 3.05) is 13.0 Å². The first kappa shape index (κ1) is 14.0. The molecule has 1 aromatic heterocycles. The van der Waals surface area contributed by atoms with E-state index in [4.69, 9.17) is 21.3 Å². The van der Waals surface area contributed by atoms with Crippen molar-refractivity contribution < 1.29 is 4.74 Å². The molecule has 0 saturated heterocycles. The third-order valence-electron chi connectivity index (χ3n) is 3.60. The van der Waals surface area contributed by atoms with E-state index < -0.39 is 0 Å². The lowest BCUT2D eigenvalue weighted by atomic mass is 10.2. The second-order valence-corrected chi connectivity index (χ2v) is 5.29. The van der Waals surface area contributed by atoms with E-state index in [1.54, 1.807) is 7.11 Å². The third-order valence-corrected chi connectivity index (χ3v) is 3.79. The first-order chi connectivity index (χ1) is 10.3. The van der Waals surface area contributed by atoms with Crippen LogP contribution in [0.3, 0.4) is 0 Å². The number of methoxy groups -OCH3 is 1. The number of aromatic nitrogens is 2. The van der Waals surface area contributed by atoms with Crippen LogP contribution in [0.1, 0.15) is 11.4 Å². The summed E-state index contributed by atoms with van der Waals surface area (Å²) < 4.78 is 7.64. The number of para-hydroxylation sites is 3. The van der Waals surface area contributed by atoms with Crippen LogP contribution in [-0.2, 0) is 6.42 Å². The van der Waals surface area contributed by atoms with Crippen LogP contribution in [0.15, 0.2) is 42.5 Å². The van der Waals surface area contributed by atoms with E-state index in [1.165, 1.54) is 0 Å². The van der Waals surface area contributed by atoms with Gasteiger partial charge in [-0.05, 0) is 30.7 Å². The van der Waals surface area contributed by atoms with Gasteiger partial charge in [0.2, 0.25) is 0 Å². The van der Waals surface area contributed by atoms with Gasteiger partial charge in [0.05, 0.1) is 23.8 Å². The minimum Gasteiger partial charge on any atom is -0.495 e. The van der Waals surface area contributed by atoms with E-state index in [1.807, 2.05) is 24.3 Å². The predicted octanol–water partition coefficient (Wildman–Crippen LogP) is 4.12. The zero-order valence-corrected chi connectivity index (χ0v) is 12.9. The Morgan fingerprint density at radius 2 is 1.95 bits per heavy atom. The lowest BCUT2D eigenvalue weighted by molar-refractivity contribution is 0.413. The van der Waals surface area contributed by atoms with Crippen LogP contribution >= 0.6 is 11.6 Å². The van der Waals surface area contributed by atoms with Gasteiger partial charge < -0.3 is 4.74 Å². The summed E-state index contributed by atoms with van der Waals surface area (Å²) in [6, 6.07) is 14.2. The normalized spacial score (nSPS) is 11.0. The minimum absolute atomic E-state index is 0.539. The number of alkyl halides is 1. The Hall–Kier alpha value is -2.00. The molecule has 0 bridgehead atoms. The van der Waals surface area contributed by atoms with E-state index in [2.05, 4.69) is 29.7 Å². The monoisotopic (exact) mass is 300 g/mol. The molecule has 4 heteroatoms. The molecule has 0 amide bonds. The molecule has 3 aromatic rings. The van der Waals surface area contributed by atoms with E-state index in [9.17, 15) is 0 Å². The Kier molecular flexibility index (Phi) is 3.84. The molecule has 108 valence electrons. The first-order valence-corrected chi connectivity index (χ1v) is 7.46. The molecule has 3 rings (SSSR count). The van der Waals surface area contributed by atoms with E-state index >= 15 is 0 Å². The minimum atomic E-state index is 0.539. The summed E-state index contributed by atoms with van der Waals surface area (Å²) in [5.41, 5.74) is 4.26. The maximum Gasteiger partial charge on any atom is 0.142 e. The molecular weight excluding hydrogens is 284 g/mol. The molecule has 21 heavy (non-hydrogen) atoms. The Bertz CT molecular complexity index is 780. The standard InChI is InChI=1S/C17H17ClN2O/c1-12-6-5-8-14-17(12)19-16(10-11-18)20(14)13-7-3-4-9-15(13)21-2/h3-9H,10-11H2,1-2H3. The number of benzene rings is 2. The quantitative estimate of drug-likeness (QED) is 0.678. The molecule has 0 saturated carbocycles. The van der Waals surface area contributed by atoms with Crippen molar-refractivity contribution >= 4 is 22.6 Å². The zero-order valence-electron chi connectivity index (χ0n) is 12.1. The zero-order chi connectivity index (χ0) is 14.8. The van der Waals surface area contributed by atoms with Crippen LogP contribution < -0.4 is 4.74 Å². The van der Waals surface area contributed by atoms with Gasteiger partial charge in [0, 0.05) is 12.3 Å². The highest BCUT2D eigenvalue weighted by Crippen LogP contribution is 2.29. The Morgan fingerprint density at radius 3 is 2.71 bits per heavy atom. The van der Waals surface area contributed by atoms with E-state index in [0.717, 1.165) is 33.9 Å². The molecule has 0 spiro atoms. The average molecular weight is 301 g/mol. The molecule has 0 aliphatic heterocycles. The number of aryl methyl sites for hydroxylation is 2. The van der Waals surface area contributed by atoms with Gasteiger partial charge in [0.15, 0.2) is 0 Å². The Balaban J connectivity index is 2.34. The molecule has 0 aliphatic rings. The molecule has 1 heterocycles. The van der Waals surface area contributed by atoms with Gasteiger partial charge in [-0.2, -0.15) is 0 Å². The summed E-state index contributed by atoms with van der Waals surface area (Å²) in [5.74, 6) is 2.32. The van der Waals surface area contributed by atoms with E-state index in [-0.39, 0.29) is 0 Å². The highest BCUT2D eigenvalue weighted by Gasteiger charge is 2.15. The topological polar surface area (TPSA) is 27.1 Å². The van der Waals surface area contributed by atoms with Crippen LogP contribution in [-0.4, -0.2) is 22.5 Å². The maximum atomic E-state index is 5.95. The smallest absolute Gasteiger partial charge is 0.142 e. The maximum absolute atomic E-state index is 5.95. The largest absolute Gasteiger partial charge is 0.495 e. The van der Waals surface area contributed by atoms with Crippen LogP contribution in [0, 0.1) is 6.92 Å². The number of rotatable bonds is 4. The predicted molar refractivity (Wildman–Crippen MR) is 86.8 cm³/mol. The number of fused-ring (bicyclic) bond motifs is 1. The van der Waals surface area contributed by atoms with Gasteiger partial charge in [0.1, 0.15) is 11.6 Å². The van der Waals surface area contributed by atoms with Crippen molar-refractivity contribution in [3.8, 4) is 11.4 Å². The summed E-state index contributed by atoms with van der Waals surface area (Å²) in [4.78, 5) is 4.78. The van der Waals surface area contributed by atoms with Gasteiger partial charge in [-0.15, -0.1) is 11.6 Å². The second kappa shape index (κ2) is 5.78. The van der Waals surface area contributed by atoms with Gasteiger partial charge >= 0.3 is 0 Å². The third kappa shape index (κ3) is 2.38. The fourth-order valence-corrected chi connectivity index (χ4v) is 2.79. The van der Waals surface area contributed by atoms with Gasteiger partial charge in [-0.3, -0.25) is 4.57 Å². The summed E-state index contributed by atoms with van der Waals surface area (Å²) >= 11 is 5.95. The lowest BCUT2D eigenvalue weighted by Gasteiger charge is -2.12. The molecule has 0 N–H and O–H groups in total. The van der Waals surface area contributed by atoms with Crippen molar-refractivity contribution in [3.05, 3.63) is 53.9 Å². The summed E-state index contributed by atoms with van der Waals surface area (Å²) in [7, 11) is 1.68. The van der Waals surface area contributed by atoms with E-state index in [0.29, 0.717) is 12.3 Å². The van der Waals surface area contributed by atoms with Gasteiger partial charge in [-0.1, -0.05) is 24.3 Å². The molecule has 0 unspecified atom stereocenters. The lowest BCUT2D eigenvalue weighted by Crippen LogP contribution is -2.04. The Labute approximate surface area is 129 Å². The second-order valence-electron chi connectivity index (χ2n) is 4.92. The molecule has 0 atom stereocenters. The molecule has 0 aliphatic carbocycles. The van der Waals surface area contributed by atoms with Crippen molar-refractivity contribution in [3.63, 3.8) is 0 Å². The number of halogens is 1. The van der Waals surface area contributed by atoms with Gasteiger partial charge in [-0.25, -0.2) is 4.98 Å². The number of nitrogens with zero attached hydrogens (tertiary/aromatic N) is 2. The van der Waals surface area contributed by atoms with Crippen molar-refractivity contribution in [1.29, 1.82) is 0 Å². The number of hydrogen-bond acceptors (Lipinski definition) is 2. The first-order valence-electron chi connectivity index (χ1n) is 6.92. The van der Waals surface area contributed by atoms with Crippen LogP contribution in [0.2, 0.25) is 0 Å². The molecular formula is C17H17ClN2O. The summed E-state index contributed by atoms with van der Waals surface area (Å²) in [6.07, 6.45) is 0.716. The highest BCUT2D eigenvalue weighted by molar-refractivity contribution is 6.18. The number of imidazole rings is 1. The molecule has 3 nitrogen and oxygen atoms in total. The van der Waals surface area contributed by atoms with Crippen molar-refractivity contribution in [1.82, 2.24) is 9.55 Å². The molecule has 2 aromatic carbocycles. The van der Waals surface area contributed by atoms with Crippen LogP contribution in [0.25, 0.3) is 16.7 Å². The fourth-order valence-electron chi connectivity index (χ4n) is 2.62. The molecule has 0 radical (unpaired) electrons. The average Bonchev–Trinajstić information content (AvgIpc) is 2.87. The van der Waals surface area contributed by atoms with Crippen molar-refractivity contribution in [2.24, 2.45) is 0 Å².